The molecule has 0 aliphatic carbocycles. The van der Waals surface area contributed by atoms with E-state index in [0.29, 0.717) is 29.1 Å². The van der Waals surface area contributed by atoms with Gasteiger partial charge in [0, 0.05) is 15.7 Å². The van der Waals surface area contributed by atoms with E-state index < -0.39 is 37.5 Å². The highest BCUT2D eigenvalue weighted by molar-refractivity contribution is 9.10. The van der Waals surface area contributed by atoms with Crippen LogP contribution in [0.3, 0.4) is 0 Å². The van der Waals surface area contributed by atoms with Gasteiger partial charge in [-0.1, -0.05) is 63.5 Å². The van der Waals surface area contributed by atoms with Crippen molar-refractivity contribution in [2.24, 2.45) is 4.99 Å². The van der Waals surface area contributed by atoms with Crippen molar-refractivity contribution in [3.8, 4) is 0 Å². The summed E-state index contributed by atoms with van der Waals surface area (Å²) in [7, 11) is 0. The zero-order valence-electron chi connectivity index (χ0n) is 20.6. The molecule has 39 heavy (non-hydrogen) atoms. The number of hydrogen-bond acceptors (Lipinski definition) is 7. The van der Waals surface area contributed by atoms with E-state index in [-0.39, 0.29) is 5.84 Å². The first-order chi connectivity index (χ1) is 18.5. The van der Waals surface area contributed by atoms with Crippen LogP contribution in [0.25, 0.3) is 0 Å². The van der Waals surface area contributed by atoms with Crippen molar-refractivity contribution in [1.29, 1.82) is 0 Å². The molecule has 4 rings (SSSR count). The summed E-state index contributed by atoms with van der Waals surface area (Å²) in [6.45, 7) is 3.76. The number of hydrogen-bond donors (Lipinski definition) is 0. The molecular weight excluding hydrogens is 570 g/mol. The molecule has 0 aromatic heterocycles. The minimum atomic E-state index is -0.907. The molecule has 11 nitrogen and oxygen atoms in total. The number of aliphatic imine (C=N–C) groups is 1. The fourth-order valence-corrected chi connectivity index (χ4v) is 4.10. The lowest BCUT2D eigenvalue weighted by atomic mass is 10.1. The highest BCUT2D eigenvalue weighted by Crippen LogP contribution is 2.45. The van der Waals surface area contributed by atoms with Crippen LogP contribution in [0, 0.1) is 44.2 Å². The third-order valence-corrected chi connectivity index (χ3v) is 6.29. The molecule has 4 aromatic rings. The van der Waals surface area contributed by atoms with E-state index in [1.165, 1.54) is 4.90 Å². The van der Waals surface area contributed by atoms with Gasteiger partial charge in [-0.2, -0.15) is 0 Å². The zero-order chi connectivity index (χ0) is 28.3. The standard InChI is InChI=1S/C27H20BrN5O6/c1-17-3-11-21(12-4-17)29-27(19-7-9-20(28)10-8-19)30(22-13-5-18(2)6-14-22)26-24(32(36)37)15-23(31(34)35)16-25(26)33(38)39/h3-16H,1-2H3. The Bertz CT molecular complexity index is 1570. The number of benzene rings is 4. The van der Waals surface area contributed by atoms with Gasteiger partial charge in [-0.3, -0.25) is 35.2 Å². The Balaban J connectivity index is 2.15. The predicted octanol–water partition coefficient (Wildman–Crippen LogP) is 7.71. The lowest BCUT2D eigenvalue weighted by molar-refractivity contribution is -0.402. The van der Waals surface area contributed by atoms with Crippen molar-refractivity contribution in [1.82, 2.24) is 0 Å². The number of non-ortho nitro benzene ring substituents is 1. The van der Waals surface area contributed by atoms with E-state index >= 15 is 0 Å². The summed E-state index contributed by atoms with van der Waals surface area (Å²) in [6, 6.07) is 22.3. The highest BCUT2D eigenvalue weighted by atomic mass is 79.9. The van der Waals surface area contributed by atoms with E-state index in [1.54, 1.807) is 60.7 Å². The minimum absolute atomic E-state index is 0.134. The largest absolute Gasteiger partial charge is 0.307 e. The first kappa shape index (κ1) is 27.1. The summed E-state index contributed by atoms with van der Waals surface area (Å²) in [4.78, 5) is 39.4. The van der Waals surface area contributed by atoms with Gasteiger partial charge in [-0.05, 0) is 50.2 Å². The van der Waals surface area contributed by atoms with Gasteiger partial charge in [0.1, 0.15) is 5.84 Å². The molecule has 0 spiro atoms. The van der Waals surface area contributed by atoms with E-state index in [2.05, 4.69) is 15.9 Å². The van der Waals surface area contributed by atoms with Crippen LogP contribution in [0.1, 0.15) is 16.7 Å². The van der Waals surface area contributed by atoms with Gasteiger partial charge in [0.15, 0.2) is 0 Å². The number of nitro benzene ring substituents is 3. The number of halogens is 1. The van der Waals surface area contributed by atoms with Crippen LogP contribution in [0.5, 0.6) is 0 Å². The molecule has 4 aromatic carbocycles. The summed E-state index contributed by atoms with van der Waals surface area (Å²) in [6.07, 6.45) is 0. The smallest absolute Gasteiger partial charge is 0.282 e. The summed E-state index contributed by atoms with van der Waals surface area (Å²) in [5.41, 5.74) is 0.298. The predicted molar refractivity (Wildman–Crippen MR) is 151 cm³/mol. The summed E-state index contributed by atoms with van der Waals surface area (Å²) < 4.78 is 0.759. The lowest BCUT2D eigenvalue weighted by Crippen LogP contribution is -2.28. The molecule has 0 heterocycles. The van der Waals surface area contributed by atoms with Crippen LogP contribution >= 0.6 is 15.9 Å². The van der Waals surface area contributed by atoms with Crippen LogP contribution in [-0.4, -0.2) is 20.6 Å². The minimum Gasteiger partial charge on any atom is -0.282 e. The molecule has 196 valence electrons. The molecule has 0 saturated carbocycles. The van der Waals surface area contributed by atoms with Gasteiger partial charge in [-0.25, -0.2) is 4.99 Å². The van der Waals surface area contributed by atoms with Crippen LogP contribution in [0.15, 0.2) is 94.4 Å². The topological polar surface area (TPSA) is 145 Å². The van der Waals surface area contributed by atoms with Crippen molar-refractivity contribution in [2.75, 3.05) is 4.90 Å². The normalized spacial score (nSPS) is 11.2. The van der Waals surface area contributed by atoms with Crippen LogP contribution < -0.4 is 4.90 Å². The van der Waals surface area contributed by atoms with E-state index in [4.69, 9.17) is 4.99 Å². The lowest BCUT2D eigenvalue weighted by Gasteiger charge is -2.26. The Hall–Kier alpha value is -4.97. The van der Waals surface area contributed by atoms with Gasteiger partial charge in [-0.15, -0.1) is 0 Å². The fraction of sp³-hybridized carbons (Fsp3) is 0.0741. The molecule has 12 heteroatoms. The Labute approximate surface area is 230 Å². The van der Waals surface area contributed by atoms with Gasteiger partial charge in [0.25, 0.3) is 5.69 Å². The van der Waals surface area contributed by atoms with Crippen molar-refractivity contribution in [3.63, 3.8) is 0 Å². The van der Waals surface area contributed by atoms with Crippen LogP contribution in [0.4, 0.5) is 34.1 Å². The molecule has 0 saturated heterocycles. The van der Waals surface area contributed by atoms with Crippen LogP contribution in [-0.2, 0) is 0 Å². The third-order valence-electron chi connectivity index (χ3n) is 5.76. The van der Waals surface area contributed by atoms with Crippen LogP contribution in [0.2, 0.25) is 0 Å². The number of nitrogens with zero attached hydrogens (tertiary/aromatic N) is 5. The SMILES string of the molecule is Cc1ccc(N=C(c2ccc(Br)cc2)N(c2ccc(C)cc2)c2c([N+](=O)[O-])cc([N+](=O)[O-])cc2[N+](=O)[O-])cc1. The average Bonchev–Trinajstić information content (AvgIpc) is 2.90. The number of amidine groups is 1. The monoisotopic (exact) mass is 589 g/mol. The average molecular weight is 590 g/mol. The Morgan fingerprint density at radius 1 is 0.718 bits per heavy atom. The zero-order valence-corrected chi connectivity index (χ0v) is 22.2. The van der Waals surface area contributed by atoms with Gasteiger partial charge >= 0.3 is 11.4 Å². The highest BCUT2D eigenvalue weighted by Gasteiger charge is 2.37. The van der Waals surface area contributed by atoms with E-state index in [1.807, 2.05) is 26.0 Å². The second-order valence-electron chi connectivity index (χ2n) is 8.55. The molecule has 0 amide bonds. The Kier molecular flexibility index (Phi) is 7.77. The number of aryl methyl sites for hydroxylation is 2. The van der Waals surface area contributed by atoms with Crippen molar-refractivity contribution >= 4 is 55.9 Å². The van der Waals surface area contributed by atoms with Gasteiger partial charge in [0.2, 0.25) is 5.69 Å². The number of anilines is 2. The van der Waals surface area contributed by atoms with Gasteiger partial charge < -0.3 is 0 Å². The maximum absolute atomic E-state index is 12.2. The second kappa shape index (κ2) is 11.2. The summed E-state index contributed by atoms with van der Waals surface area (Å²) >= 11 is 3.39. The molecule has 0 radical (unpaired) electrons. The van der Waals surface area contributed by atoms with Crippen molar-refractivity contribution in [3.05, 3.63) is 136 Å². The fourth-order valence-electron chi connectivity index (χ4n) is 3.84. The quantitative estimate of drug-likeness (QED) is 0.0927. The molecule has 0 unspecified atom stereocenters. The molecule has 0 aliphatic rings. The Morgan fingerprint density at radius 3 is 1.67 bits per heavy atom. The summed E-state index contributed by atoms with van der Waals surface area (Å²) in [5, 5.41) is 36.0. The molecule has 0 atom stereocenters. The molecule has 0 fully saturated rings. The first-order valence-electron chi connectivity index (χ1n) is 11.4. The molecule has 0 aliphatic heterocycles. The van der Waals surface area contributed by atoms with E-state index in [0.717, 1.165) is 15.6 Å². The van der Waals surface area contributed by atoms with E-state index in [9.17, 15) is 30.3 Å². The third kappa shape index (κ3) is 5.96. The molecular formula is C27H20BrN5O6. The number of nitro groups is 3. The molecule has 0 bridgehead atoms. The maximum atomic E-state index is 12.2. The maximum Gasteiger partial charge on any atom is 0.307 e. The Morgan fingerprint density at radius 2 is 1.21 bits per heavy atom. The first-order valence-corrected chi connectivity index (χ1v) is 12.2. The van der Waals surface area contributed by atoms with Crippen molar-refractivity contribution < 1.29 is 14.8 Å². The summed E-state index contributed by atoms with van der Waals surface area (Å²) in [5.74, 6) is 0.134. The van der Waals surface area contributed by atoms with Crippen molar-refractivity contribution in [2.45, 2.75) is 13.8 Å². The van der Waals surface area contributed by atoms with Gasteiger partial charge in [0.05, 0.1) is 32.6 Å². The second-order valence-corrected chi connectivity index (χ2v) is 9.47. The molecule has 0 N–H and O–H groups in total. The number of rotatable bonds is 7.